The van der Waals surface area contributed by atoms with Crippen LogP contribution in [0.25, 0.3) is 0 Å². The molecule has 0 saturated heterocycles. The predicted molar refractivity (Wildman–Crippen MR) is 57.5 cm³/mol. The normalized spacial score (nSPS) is 13.3. The van der Waals surface area contributed by atoms with Crippen molar-refractivity contribution in [2.45, 2.75) is 26.7 Å². The highest BCUT2D eigenvalue weighted by atomic mass is 35.5. The van der Waals surface area contributed by atoms with Gasteiger partial charge in [0.05, 0.1) is 5.92 Å². The Hall–Kier alpha value is -0.340. The molecule has 0 amide bonds. The maximum Gasteiger partial charge on any atom is 0.230 e. The number of hydrogen-bond donors (Lipinski definition) is 0. The van der Waals surface area contributed by atoms with Gasteiger partial charge in [-0.3, -0.25) is 4.79 Å². The number of aryl methyl sites for hydroxylation is 1. The molecule has 0 saturated carbocycles. The molecule has 1 aromatic rings. The summed E-state index contributed by atoms with van der Waals surface area (Å²) in [5, 5.41) is 1.75. The van der Waals surface area contributed by atoms with Crippen molar-refractivity contribution in [3.8, 4) is 0 Å². The standard InChI is InChI=1S/C10H13ClOS/c1-6(2)8(10(11)12)9-7(3)4-5-13-9/h4-6,8H,1-3H3. The van der Waals surface area contributed by atoms with E-state index in [0.29, 0.717) is 0 Å². The van der Waals surface area contributed by atoms with Crippen molar-refractivity contribution in [2.24, 2.45) is 5.92 Å². The van der Waals surface area contributed by atoms with Crippen LogP contribution in [0.1, 0.15) is 30.2 Å². The molecule has 1 heterocycles. The number of halogens is 1. The Morgan fingerprint density at radius 1 is 1.54 bits per heavy atom. The average Bonchev–Trinajstić information content (AvgIpc) is 2.35. The van der Waals surface area contributed by atoms with Gasteiger partial charge >= 0.3 is 0 Å². The third kappa shape index (κ3) is 2.32. The average molecular weight is 217 g/mol. The van der Waals surface area contributed by atoms with Gasteiger partial charge in [0.25, 0.3) is 0 Å². The van der Waals surface area contributed by atoms with E-state index in [9.17, 15) is 4.79 Å². The summed E-state index contributed by atoms with van der Waals surface area (Å²) in [5.74, 6) is 0.129. The van der Waals surface area contributed by atoms with E-state index in [-0.39, 0.29) is 17.1 Å². The molecule has 0 spiro atoms. The molecule has 0 fully saturated rings. The zero-order valence-corrected chi connectivity index (χ0v) is 9.58. The van der Waals surface area contributed by atoms with E-state index in [0.717, 1.165) is 10.4 Å². The number of hydrogen-bond acceptors (Lipinski definition) is 2. The minimum Gasteiger partial charge on any atom is -0.281 e. The van der Waals surface area contributed by atoms with Crippen LogP contribution in [0, 0.1) is 12.8 Å². The Morgan fingerprint density at radius 3 is 2.46 bits per heavy atom. The summed E-state index contributed by atoms with van der Waals surface area (Å²) in [6.45, 7) is 6.05. The van der Waals surface area contributed by atoms with Gasteiger partial charge in [-0.2, -0.15) is 0 Å². The van der Waals surface area contributed by atoms with Crippen LogP contribution in [-0.4, -0.2) is 5.24 Å². The van der Waals surface area contributed by atoms with E-state index in [4.69, 9.17) is 11.6 Å². The third-order valence-corrected chi connectivity index (χ3v) is 3.43. The Bertz CT molecular complexity index is 304. The van der Waals surface area contributed by atoms with E-state index in [1.807, 2.05) is 32.2 Å². The van der Waals surface area contributed by atoms with Crippen LogP contribution in [-0.2, 0) is 4.79 Å². The highest BCUT2D eigenvalue weighted by molar-refractivity contribution is 7.10. The Labute approximate surface area is 87.7 Å². The lowest BCUT2D eigenvalue weighted by molar-refractivity contribution is -0.113. The van der Waals surface area contributed by atoms with Crippen molar-refractivity contribution in [1.29, 1.82) is 0 Å². The van der Waals surface area contributed by atoms with Crippen molar-refractivity contribution < 1.29 is 4.79 Å². The van der Waals surface area contributed by atoms with Gasteiger partial charge in [0, 0.05) is 4.88 Å². The van der Waals surface area contributed by atoms with E-state index in [1.54, 1.807) is 11.3 Å². The summed E-state index contributed by atoms with van der Waals surface area (Å²) >= 11 is 7.18. The fourth-order valence-electron chi connectivity index (χ4n) is 1.37. The smallest absolute Gasteiger partial charge is 0.230 e. The number of rotatable bonds is 3. The summed E-state index contributed by atoms with van der Waals surface area (Å²) in [6.07, 6.45) is 0. The first kappa shape index (κ1) is 10.7. The van der Waals surface area contributed by atoms with Gasteiger partial charge in [0.1, 0.15) is 0 Å². The van der Waals surface area contributed by atoms with Crippen LogP contribution in [0.15, 0.2) is 11.4 Å². The molecule has 0 aliphatic heterocycles. The van der Waals surface area contributed by atoms with Gasteiger partial charge in [-0.05, 0) is 41.5 Å². The fourth-order valence-corrected chi connectivity index (χ4v) is 3.00. The van der Waals surface area contributed by atoms with Crippen LogP contribution in [0.3, 0.4) is 0 Å². The van der Waals surface area contributed by atoms with Gasteiger partial charge in [-0.15, -0.1) is 11.3 Å². The summed E-state index contributed by atoms with van der Waals surface area (Å²) in [7, 11) is 0. The molecule has 72 valence electrons. The summed E-state index contributed by atoms with van der Waals surface area (Å²) in [6, 6.07) is 2.02. The van der Waals surface area contributed by atoms with Crippen LogP contribution in [0.4, 0.5) is 0 Å². The molecule has 0 aliphatic rings. The van der Waals surface area contributed by atoms with Crippen molar-refractivity contribution >= 4 is 28.2 Å². The van der Waals surface area contributed by atoms with E-state index < -0.39 is 0 Å². The molecule has 0 aliphatic carbocycles. The number of thiophene rings is 1. The first-order chi connectivity index (χ1) is 6.04. The second-order valence-electron chi connectivity index (χ2n) is 3.49. The zero-order valence-electron chi connectivity index (χ0n) is 8.00. The van der Waals surface area contributed by atoms with Gasteiger partial charge < -0.3 is 0 Å². The Kier molecular flexibility index (Phi) is 3.51. The quantitative estimate of drug-likeness (QED) is 0.707. The lowest BCUT2D eigenvalue weighted by Gasteiger charge is -2.15. The molecule has 3 heteroatoms. The SMILES string of the molecule is Cc1ccsc1C(C(=O)Cl)C(C)C. The lowest BCUT2D eigenvalue weighted by Crippen LogP contribution is -2.12. The summed E-state index contributed by atoms with van der Waals surface area (Å²) in [4.78, 5) is 12.3. The topological polar surface area (TPSA) is 17.1 Å². The van der Waals surface area contributed by atoms with Crippen LogP contribution in [0.5, 0.6) is 0 Å². The Balaban J connectivity index is 3.02. The van der Waals surface area contributed by atoms with Crippen molar-refractivity contribution in [1.82, 2.24) is 0 Å². The molecular weight excluding hydrogens is 204 g/mol. The monoisotopic (exact) mass is 216 g/mol. The van der Waals surface area contributed by atoms with Crippen molar-refractivity contribution in [3.63, 3.8) is 0 Å². The molecule has 1 aromatic heterocycles. The van der Waals surface area contributed by atoms with E-state index in [1.165, 1.54) is 0 Å². The summed E-state index contributed by atoms with van der Waals surface area (Å²) in [5.41, 5.74) is 1.16. The van der Waals surface area contributed by atoms with Crippen LogP contribution < -0.4 is 0 Å². The minimum atomic E-state index is -0.249. The molecular formula is C10H13ClOS. The number of carbonyl (C=O) groups excluding carboxylic acids is 1. The summed E-state index contributed by atoms with van der Waals surface area (Å²) < 4.78 is 0. The molecule has 0 radical (unpaired) electrons. The highest BCUT2D eigenvalue weighted by Gasteiger charge is 2.24. The lowest BCUT2D eigenvalue weighted by atomic mass is 9.94. The molecule has 1 unspecified atom stereocenters. The second kappa shape index (κ2) is 4.25. The maximum atomic E-state index is 11.2. The van der Waals surface area contributed by atoms with Gasteiger partial charge in [0.2, 0.25) is 5.24 Å². The fraction of sp³-hybridized carbons (Fsp3) is 0.500. The molecule has 1 rings (SSSR count). The van der Waals surface area contributed by atoms with Gasteiger partial charge in [-0.25, -0.2) is 0 Å². The number of carbonyl (C=O) groups is 1. The molecule has 0 bridgehead atoms. The van der Waals surface area contributed by atoms with Crippen LogP contribution >= 0.6 is 22.9 Å². The van der Waals surface area contributed by atoms with E-state index >= 15 is 0 Å². The predicted octanol–water partition coefficient (Wildman–Crippen LogP) is 3.56. The van der Waals surface area contributed by atoms with Gasteiger partial charge in [0.15, 0.2) is 0 Å². The molecule has 0 N–H and O–H groups in total. The first-order valence-corrected chi connectivity index (χ1v) is 5.53. The van der Waals surface area contributed by atoms with Crippen LogP contribution in [0.2, 0.25) is 0 Å². The maximum absolute atomic E-state index is 11.2. The highest BCUT2D eigenvalue weighted by Crippen LogP contribution is 2.32. The third-order valence-electron chi connectivity index (χ3n) is 2.10. The molecule has 1 nitrogen and oxygen atoms in total. The van der Waals surface area contributed by atoms with E-state index in [2.05, 4.69) is 0 Å². The minimum absolute atomic E-state index is 0.137. The molecule has 1 atom stereocenters. The first-order valence-electron chi connectivity index (χ1n) is 4.27. The van der Waals surface area contributed by atoms with Crippen molar-refractivity contribution in [2.75, 3.05) is 0 Å². The van der Waals surface area contributed by atoms with Crippen molar-refractivity contribution in [3.05, 3.63) is 21.9 Å². The largest absolute Gasteiger partial charge is 0.281 e. The Morgan fingerprint density at radius 2 is 2.15 bits per heavy atom. The zero-order chi connectivity index (χ0) is 10.0. The molecule has 13 heavy (non-hydrogen) atoms. The second-order valence-corrected chi connectivity index (χ2v) is 4.81. The molecule has 0 aromatic carbocycles. The van der Waals surface area contributed by atoms with Gasteiger partial charge in [-0.1, -0.05) is 13.8 Å².